The minimum atomic E-state index is 0.118. The molecule has 1 atom stereocenters. The van der Waals surface area contributed by atoms with Crippen LogP contribution in [-0.4, -0.2) is 39.5 Å². The number of carbonyl (C=O) groups excluding carboxylic acids is 1. The van der Waals surface area contributed by atoms with Gasteiger partial charge in [0, 0.05) is 36.8 Å². The minimum Gasteiger partial charge on any atom is -0.397 e. The Bertz CT molecular complexity index is 430. The molecule has 1 aliphatic rings. The minimum absolute atomic E-state index is 0.118. The molecule has 5 heteroatoms. The van der Waals surface area contributed by atoms with Crippen molar-refractivity contribution >= 4 is 23.4 Å². The predicted octanol–water partition coefficient (Wildman–Crippen LogP) is 2.06. The molecule has 18 heavy (non-hydrogen) atoms. The molecular weight excluding hydrogens is 246 g/mol. The molecule has 100 valence electrons. The first-order valence-electron chi connectivity index (χ1n) is 6.52. The van der Waals surface area contributed by atoms with Crippen LogP contribution in [0.15, 0.2) is 12.3 Å². The highest BCUT2D eigenvalue weighted by Gasteiger charge is 2.25. The summed E-state index contributed by atoms with van der Waals surface area (Å²) in [6.07, 6.45) is 2.95. The van der Waals surface area contributed by atoms with Gasteiger partial charge in [0.15, 0.2) is 0 Å². The van der Waals surface area contributed by atoms with E-state index in [1.54, 1.807) is 6.07 Å². The van der Waals surface area contributed by atoms with Gasteiger partial charge in [0.2, 0.25) is 0 Å². The summed E-state index contributed by atoms with van der Waals surface area (Å²) < 4.78 is 1.93. The smallest absolute Gasteiger partial charge is 0.270 e. The van der Waals surface area contributed by atoms with Crippen LogP contribution in [0.3, 0.4) is 0 Å². The third-order valence-corrected chi connectivity index (χ3v) is 4.73. The monoisotopic (exact) mass is 267 g/mol. The quantitative estimate of drug-likeness (QED) is 0.912. The number of hydrogen-bond donors (Lipinski definition) is 1. The number of carbonyl (C=O) groups is 1. The van der Waals surface area contributed by atoms with Gasteiger partial charge in [0.1, 0.15) is 5.69 Å². The van der Waals surface area contributed by atoms with Crippen molar-refractivity contribution in [1.82, 2.24) is 9.47 Å². The summed E-state index contributed by atoms with van der Waals surface area (Å²) in [4.78, 5) is 14.5. The number of amides is 1. The molecule has 2 heterocycles. The van der Waals surface area contributed by atoms with Crippen LogP contribution < -0.4 is 5.73 Å². The first kappa shape index (κ1) is 13.3. The average Bonchev–Trinajstić information content (AvgIpc) is 2.79. The van der Waals surface area contributed by atoms with Gasteiger partial charge in [-0.3, -0.25) is 4.79 Å². The van der Waals surface area contributed by atoms with E-state index in [0.29, 0.717) is 10.9 Å². The average molecular weight is 267 g/mol. The molecular formula is C13H21N3OS. The SMILES string of the molecule is CCC1CN(C(=O)c2cc(N)cn2CC)CCS1. The van der Waals surface area contributed by atoms with Gasteiger partial charge in [-0.2, -0.15) is 11.8 Å². The Morgan fingerprint density at radius 2 is 2.33 bits per heavy atom. The summed E-state index contributed by atoms with van der Waals surface area (Å²) in [6, 6.07) is 1.79. The second kappa shape index (κ2) is 5.69. The number of aromatic nitrogens is 1. The highest BCUT2D eigenvalue weighted by molar-refractivity contribution is 8.00. The molecule has 0 aliphatic carbocycles. The van der Waals surface area contributed by atoms with E-state index < -0.39 is 0 Å². The maximum atomic E-state index is 12.5. The van der Waals surface area contributed by atoms with Crippen molar-refractivity contribution in [2.75, 3.05) is 24.6 Å². The predicted molar refractivity (Wildman–Crippen MR) is 77.0 cm³/mol. The number of aryl methyl sites for hydroxylation is 1. The van der Waals surface area contributed by atoms with Crippen molar-refractivity contribution in [3.05, 3.63) is 18.0 Å². The first-order valence-corrected chi connectivity index (χ1v) is 7.57. The highest BCUT2D eigenvalue weighted by Crippen LogP contribution is 2.23. The summed E-state index contributed by atoms with van der Waals surface area (Å²) in [7, 11) is 0. The third-order valence-electron chi connectivity index (χ3n) is 3.36. The van der Waals surface area contributed by atoms with Gasteiger partial charge in [-0.15, -0.1) is 0 Å². The normalized spacial score (nSPS) is 20.1. The van der Waals surface area contributed by atoms with Crippen molar-refractivity contribution in [3.63, 3.8) is 0 Å². The number of rotatable bonds is 3. The molecule has 1 fully saturated rings. The second-order valence-corrected chi connectivity index (χ2v) is 6.01. The lowest BCUT2D eigenvalue weighted by Crippen LogP contribution is -2.42. The Kier molecular flexibility index (Phi) is 4.22. The largest absolute Gasteiger partial charge is 0.397 e. The highest BCUT2D eigenvalue weighted by atomic mass is 32.2. The molecule has 1 saturated heterocycles. The summed E-state index contributed by atoms with van der Waals surface area (Å²) in [5.74, 6) is 1.15. The van der Waals surface area contributed by atoms with Crippen LogP contribution >= 0.6 is 11.8 Å². The fourth-order valence-corrected chi connectivity index (χ4v) is 3.47. The summed E-state index contributed by atoms with van der Waals surface area (Å²) in [6.45, 7) is 6.68. The van der Waals surface area contributed by atoms with Crippen LogP contribution in [0.2, 0.25) is 0 Å². The molecule has 2 N–H and O–H groups in total. The number of hydrogen-bond acceptors (Lipinski definition) is 3. The van der Waals surface area contributed by atoms with Crippen molar-refractivity contribution in [3.8, 4) is 0 Å². The van der Waals surface area contributed by atoms with E-state index in [2.05, 4.69) is 6.92 Å². The maximum Gasteiger partial charge on any atom is 0.270 e. The number of nitrogens with zero attached hydrogens (tertiary/aromatic N) is 2. The fraction of sp³-hybridized carbons (Fsp3) is 0.615. The standard InChI is InChI=1S/C13H21N3OS/c1-3-11-9-16(5-6-18-11)13(17)12-7-10(14)8-15(12)4-2/h7-8,11H,3-6,9,14H2,1-2H3. The Morgan fingerprint density at radius 1 is 1.56 bits per heavy atom. The molecule has 0 saturated carbocycles. The Labute approximate surface area is 113 Å². The molecule has 0 radical (unpaired) electrons. The molecule has 1 unspecified atom stereocenters. The topological polar surface area (TPSA) is 51.3 Å². The van der Waals surface area contributed by atoms with E-state index in [0.717, 1.165) is 37.5 Å². The van der Waals surface area contributed by atoms with Crippen LogP contribution in [0.25, 0.3) is 0 Å². The van der Waals surface area contributed by atoms with E-state index in [-0.39, 0.29) is 5.91 Å². The lowest BCUT2D eigenvalue weighted by molar-refractivity contribution is 0.0750. The van der Waals surface area contributed by atoms with Gasteiger partial charge in [-0.1, -0.05) is 6.92 Å². The Balaban J connectivity index is 2.14. The van der Waals surface area contributed by atoms with E-state index in [4.69, 9.17) is 5.73 Å². The van der Waals surface area contributed by atoms with Crippen LogP contribution in [0.1, 0.15) is 30.8 Å². The van der Waals surface area contributed by atoms with Crippen molar-refractivity contribution in [1.29, 1.82) is 0 Å². The molecule has 0 bridgehead atoms. The number of anilines is 1. The zero-order chi connectivity index (χ0) is 13.1. The zero-order valence-electron chi connectivity index (χ0n) is 11.1. The molecule has 2 rings (SSSR count). The van der Waals surface area contributed by atoms with Gasteiger partial charge in [0.05, 0.1) is 5.69 Å². The lowest BCUT2D eigenvalue weighted by atomic mass is 10.2. The summed E-state index contributed by atoms with van der Waals surface area (Å²) in [5.41, 5.74) is 7.16. The van der Waals surface area contributed by atoms with Crippen LogP contribution in [-0.2, 0) is 6.54 Å². The molecule has 1 amide bonds. The maximum absolute atomic E-state index is 12.5. The van der Waals surface area contributed by atoms with E-state index >= 15 is 0 Å². The molecule has 4 nitrogen and oxygen atoms in total. The second-order valence-electron chi connectivity index (χ2n) is 4.60. The van der Waals surface area contributed by atoms with Gasteiger partial charge in [0.25, 0.3) is 5.91 Å². The van der Waals surface area contributed by atoms with Gasteiger partial charge in [-0.25, -0.2) is 0 Å². The van der Waals surface area contributed by atoms with Crippen molar-refractivity contribution < 1.29 is 4.79 Å². The molecule has 1 aromatic rings. The van der Waals surface area contributed by atoms with Crippen LogP contribution in [0, 0.1) is 0 Å². The molecule has 0 aromatic carbocycles. The third kappa shape index (κ3) is 2.66. The number of nitrogen functional groups attached to an aromatic ring is 1. The lowest BCUT2D eigenvalue weighted by Gasteiger charge is -2.32. The van der Waals surface area contributed by atoms with Gasteiger partial charge >= 0.3 is 0 Å². The molecule has 1 aliphatic heterocycles. The number of thioether (sulfide) groups is 1. The summed E-state index contributed by atoms with van der Waals surface area (Å²) >= 11 is 1.97. The Morgan fingerprint density at radius 3 is 3.00 bits per heavy atom. The van der Waals surface area contributed by atoms with E-state index in [1.807, 2.05) is 34.3 Å². The van der Waals surface area contributed by atoms with Gasteiger partial charge < -0.3 is 15.2 Å². The fourth-order valence-electron chi connectivity index (χ4n) is 2.29. The molecule has 0 spiro atoms. The molecule has 1 aromatic heterocycles. The van der Waals surface area contributed by atoms with Gasteiger partial charge in [-0.05, 0) is 19.4 Å². The first-order chi connectivity index (χ1) is 8.65. The Hall–Kier alpha value is -1.10. The van der Waals surface area contributed by atoms with E-state index in [9.17, 15) is 4.79 Å². The van der Waals surface area contributed by atoms with Crippen LogP contribution in [0.4, 0.5) is 5.69 Å². The zero-order valence-corrected chi connectivity index (χ0v) is 11.9. The van der Waals surface area contributed by atoms with Crippen molar-refractivity contribution in [2.24, 2.45) is 0 Å². The number of nitrogens with two attached hydrogens (primary N) is 1. The van der Waals surface area contributed by atoms with Crippen molar-refractivity contribution in [2.45, 2.75) is 32.1 Å². The van der Waals surface area contributed by atoms with E-state index in [1.165, 1.54) is 0 Å². The van der Waals surface area contributed by atoms with Crippen LogP contribution in [0.5, 0.6) is 0 Å². The summed E-state index contributed by atoms with van der Waals surface area (Å²) in [5, 5.41) is 0.574.